The molecule has 1 aromatic heterocycles. The van der Waals surface area contributed by atoms with Crippen LogP contribution in [0.1, 0.15) is 20.8 Å². The first-order valence-corrected chi connectivity index (χ1v) is 7.27. The standard InChI is InChI=1S/C14H17ClN6O2/c1-14(2,3)17-13(23)16-11(22)8-21-19-12(18-20-21)9-6-4-5-7-10(9)15/h4-7H,8H2,1-3H3,(H2,16,17,22,23). The van der Waals surface area contributed by atoms with Gasteiger partial charge in [-0.25, -0.2) is 4.79 Å². The van der Waals surface area contributed by atoms with Gasteiger partial charge >= 0.3 is 6.03 Å². The van der Waals surface area contributed by atoms with E-state index in [2.05, 4.69) is 26.0 Å². The highest BCUT2D eigenvalue weighted by atomic mass is 35.5. The monoisotopic (exact) mass is 336 g/mol. The third kappa shape index (κ3) is 5.03. The molecule has 0 radical (unpaired) electrons. The van der Waals surface area contributed by atoms with Crippen molar-refractivity contribution in [3.63, 3.8) is 0 Å². The molecule has 2 aromatic rings. The average Bonchev–Trinajstić information content (AvgIpc) is 2.84. The second-order valence-electron chi connectivity index (χ2n) is 5.88. The Bertz CT molecular complexity index is 722. The van der Waals surface area contributed by atoms with Crippen LogP contribution < -0.4 is 10.6 Å². The Hall–Kier alpha value is -2.48. The lowest BCUT2D eigenvalue weighted by Gasteiger charge is -2.20. The maximum Gasteiger partial charge on any atom is 0.321 e. The van der Waals surface area contributed by atoms with Crippen LogP contribution in [-0.4, -0.2) is 37.7 Å². The van der Waals surface area contributed by atoms with Gasteiger partial charge in [-0.05, 0) is 38.1 Å². The number of urea groups is 1. The van der Waals surface area contributed by atoms with E-state index in [1.165, 1.54) is 0 Å². The topological polar surface area (TPSA) is 102 Å². The minimum atomic E-state index is -0.575. The molecule has 0 atom stereocenters. The number of hydrogen-bond donors (Lipinski definition) is 2. The van der Waals surface area contributed by atoms with Gasteiger partial charge in [-0.1, -0.05) is 23.7 Å². The summed E-state index contributed by atoms with van der Waals surface area (Å²) in [6, 6.07) is 6.47. The van der Waals surface area contributed by atoms with Crippen LogP contribution in [0, 0.1) is 0 Å². The maximum atomic E-state index is 11.8. The number of halogens is 1. The molecule has 0 aliphatic heterocycles. The fourth-order valence-corrected chi connectivity index (χ4v) is 1.95. The second-order valence-corrected chi connectivity index (χ2v) is 6.28. The summed E-state index contributed by atoms with van der Waals surface area (Å²) in [5.74, 6) is -0.239. The molecule has 122 valence electrons. The van der Waals surface area contributed by atoms with Gasteiger partial charge in [-0.15, -0.1) is 10.2 Å². The van der Waals surface area contributed by atoms with E-state index >= 15 is 0 Å². The van der Waals surface area contributed by atoms with E-state index in [4.69, 9.17) is 11.6 Å². The lowest BCUT2D eigenvalue weighted by atomic mass is 10.1. The van der Waals surface area contributed by atoms with Gasteiger partial charge in [0.2, 0.25) is 5.82 Å². The fourth-order valence-electron chi connectivity index (χ4n) is 1.73. The molecular weight excluding hydrogens is 320 g/mol. The number of tetrazole rings is 1. The molecule has 0 spiro atoms. The zero-order valence-electron chi connectivity index (χ0n) is 13.0. The number of hydrogen-bond acceptors (Lipinski definition) is 5. The Morgan fingerprint density at radius 1 is 1.26 bits per heavy atom. The summed E-state index contributed by atoms with van der Waals surface area (Å²) in [6.07, 6.45) is 0. The number of benzene rings is 1. The van der Waals surface area contributed by atoms with Gasteiger partial charge in [-0.3, -0.25) is 10.1 Å². The van der Waals surface area contributed by atoms with Crippen molar-refractivity contribution in [1.82, 2.24) is 30.8 Å². The molecule has 0 unspecified atom stereocenters. The first-order chi connectivity index (χ1) is 10.7. The highest BCUT2D eigenvalue weighted by Crippen LogP contribution is 2.23. The lowest BCUT2D eigenvalue weighted by Crippen LogP contribution is -2.49. The first kappa shape index (κ1) is 16.9. The molecule has 8 nitrogen and oxygen atoms in total. The predicted octanol–water partition coefficient (Wildman–Crippen LogP) is 1.62. The summed E-state index contributed by atoms with van der Waals surface area (Å²) in [5, 5.41) is 17.0. The third-order valence-electron chi connectivity index (χ3n) is 2.59. The Kier molecular flexibility index (Phi) is 4.95. The molecule has 0 saturated heterocycles. The van der Waals surface area contributed by atoms with Crippen LogP contribution in [0.15, 0.2) is 24.3 Å². The van der Waals surface area contributed by atoms with Crippen molar-refractivity contribution in [1.29, 1.82) is 0 Å². The smallest absolute Gasteiger partial charge is 0.321 e. The van der Waals surface area contributed by atoms with Crippen LogP contribution >= 0.6 is 11.6 Å². The van der Waals surface area contributed by atoms with E-state index in [-0.39, 0.29) is 6.54 Å². The molecule has 0 saturated carbocycles. The number of imide groups is 1. The maximum absolute atomic E-state index is 11.8. The molecule has 23 heavy (non-hydrogen) atoms. The Labute approximate surface area is 138 Å². The molecule has 1 heterocycles. The zero-order chi connectivity index (χ0) is 17.0. The molecule has 0 aliphatic rings. The molecule has 0 bridgehead atoms. The average molecular weight is 337 g/mol. The van der Waals surface area contributed by atoms with Crippen LogP contribution in [0.2, 0.25) is 5.02 Å². The van der Waals surface area contributed by atoms with Crippen LogP contribution in [0.25, 0.3) is 11.4 Å². The van der Waals surface area contributed by atoms with Gasteiger partial charge in [0.15, 0.2) is 0 Å². The molecule has 0 fully saturated rings. The van der Waals surface area contributed by atoms with Crippen molar-refractivity contribution in [2.75, 3.05) is 0 Å². The SMILES string of the molecule is CC(C)(C)NC(=O)NC(=O)Cn1nnc(-c2ccccc2Cl)n1. The van der Waals surface area contributed by atoms with Crippen molar-refractivity contribution in [3.05, 3.63) is 29.3 Å². The fraction of sp³-hybridized carbons (Fsp3) is 0.357. The van der Waals surface area contributed by atoms with E-state index in [1.807, 2.05) is 20.8 Å². The van der Waals surface area contributed by atoms with Gasteiger partial charge in [0.1, 0.15) is 6.54 Å². The van der Waals surface area contributed by atoms with Gasteiger partial charge in [0.05, 0.1) is 5.02 Å². The van der Waals surface area contributed by atoms with Gasteiger partial charge in [0.25, 0.3) is 5.91 Å². The van der Waals surface area contributed by atoms with Gasteiger partial charge < -0.3 is 5.32 Å². The zero-order valence-corrected chi connectivity index (χ0v) is 13.8. The lowest BCUT2D eigenvalue weighted by molar-refractivity contribution is -0.121. The quantitative estimate of drug-likeness (QED) is 0.886. The first-order valence-electron chi connectivity index (χ1n) is 6.89. The number of aromatic nitrogens is 4. The van der Waals surface area contributed by atoms with Crippen molar-refractivity contribution >= 4 is 23.5 Å². The van der Waals surface area contributed by atoms with Crippen molar-refractivity contribution in [2.45, 2.75) is 32.9 Å². The molecular formula is C14H17ClN6O2. The van der Waals surface area contributed by atoms with Crippen LogP contribution in [0.4, 0.5) is 4.79 Å². The highest BCUT2D eigenvalue weighted by Gasteiger charge is 2.17. The van der Waals surface area contributed by atoms with Crippen LogP contribution in [0.3, 0.4) is 0 Å². The van der Waals surface area contributed by atoms with E-state index in [0.29, 0.717) is 16.4 Å². The van der Waals surface area contributed by atoms with Crippen molar-refractivity contribution in [3.8, 4) is 11.4 Å². The number of carbonyl (C=O) groups excluding carboxylic acids is 2. The summed E-state index contributed by atoms with van der Waals surface area (Å²) in [6.45, 7) is 5.21. The Balaban J connectivity index is 1.98. The summed E-state index contributed by atoms with van der Waals surface area (Å²) in [5.41, 5.74) is 0.180. The van der Waals surface area contributed by atoms with E-state index in [0.717, 1.165) is 4.80 Å². The minimum Gasteiger partial charge on any atom is -0.333 e. The van der Waals surface area contributed by atoms with Gasteiger partial charge in [0, 0.05) is 11.1 Å². The number of nitrogens with one attached hydrogen (secondary N) is 2. The molecule has 3 amide bonds. The third-order valence-corrected chi connectivity index (χ3v) is 2.92. The number of amides is 3. The van der Waals surface area contributed by atoms with E-state index in [1.54, 1.807) is 24.3 Å². The Morgan fingerprint density at radius 3 is 2.61 bits per heavy atom. The summed E-state index contributed by atoms with van der Waals surface area (Å²) in [7, 11) is 0. The second kappa shape index (κ2) is 6.74. The van der Waals surface area contributed by atoms with Crippen molar-refractivity contribution in [2.24, 2.45) is 0 Å². The summed E-state index contributed by atoms with van der Waals surface area (Å²) >= 11 is 6.05. The Morgan fingerprint density at radius 2 is 1.96 bits per heavy atom. The molecule has 9 heteroatoms. The largest absolute Gasteiger partial charge is 0.333 e. The number of carbonyl (C=O) groups is 2. The number of nitrogens with zero attached hydrogens (tertiary/aromatic N) is 4. The van der Waals surface area contributed by atoms with Crippen LogP contribution in [0.5, 0.6) is 0 Å². The molecule has 2 rings (SSSR count). The summed E-state index contributed by atoms with van der Waals surface area (Å²) in [4.78, 5) is 24.5. The minimum absolute atomic E-state index is 0.227. The van der Waals surface area contributed by atoms with E-state index in [9.17, 15) is 9.59 Å². The molecule has 2 N–H and O–H groups in total. The normalized spacial score (nSPS) is 11.1. The summed E-state index contributed by atoms with van der Waals surface area (Å²) < 4.78 is 0. The van der Waals surface area contributed by atoms with E-state index < -0.39 is 17.5 Å². The van der Waals surface area contributed by atoms with Crippen LogP contribution in [-0.2, 0) is 11.3 Å². The molecule has 1 aromatic carbocycles. The number of rotatable bonds is 3. The van der Waals surface area contributed by atoms with Crippen molar-refractivity contribution < 1.29 is 9.59 Å². The highest BCUT2D eigenvalue weighted by molar-refractivity contribution is 6.33. The predicted molar refractivity (Wildman–Crippen MR) is 84.7 cm³/mol. The van der Waals surface area contributed by atoms with Gasteiger partial charge in [-0.2, -0.15) is 4.80 Å². The molecule has 0 aliphatic carbocycles.